The molecule has 210 valence electrons. The summed E-state index contributed by atoms with van der Waals surface area (Å²) in [5, 5.41) is 0. The van der Waals surface area contributed by atoms with Crippen LogP contribution in [0.5, 0.6) is 0 Å². The lowest BCUT2D eigenvalue weighted by Crippen LogP contribution is -2.54. The molecule has 3 fully saturated rings. The van der Waals surface area contributed by atoms with Crippen LogP contribution < -0.4 is 0 Å². The fourth-order valence-corrected chi connectivity index (χ4v) is 4.64. The van der Waals surface area contributed by atoms with Crippen molar-refractivity contribution in [2.75, 3.05) is 80.0 Å². The zero-order valence-corrected chi connectivity index (χ0v) is 24.6. The van der Waals surface area contributed by atoms with Crippen molar-refractivity contribution in [3.8, 4) is 0 Å². The van der Waals surface area contributed by atoms with Crippen LogP contribution in [0.4, 0.5) is 0 Å². The summed E-state index contributed by atoms with van der Waals surface area (Å²) in [6, 6.07) is 0.956. The van der Waals surface area contributed by atoms with Gasteiger partial charge in [0.1, 0.15) is 0 Å². The van der Waals surface area contributed by atoms with Gasteiger partial charge in [0.2, 0.25) is 17.7 Å². The molecule has 3 aliphatic heterocycles. The zero-order chi connectivity index (χ0) is 27.4. The van der Waals surface area contributed by atoms with Crippen LogP contribution in [-0.2, 0) is 14.4 Å². The van der Waals surface area contributed by atoms with Gasteiger partial charge in [-0.2, -0.15) is 0 Å². The highest BCUT2D eigenvalue weighted by molar-refractivity contribution is 5.82. The van der Waals surface area contributed by atoms with Gasteiger partial charge in [0.15, 0.2) is 0 Å². The molecule has 0 radical (unpaired) electrons. The number of piperazine rings is 3. The first kappa shape index (κ1) is 32.3. The monoisotopic (exact) mass is 510 g/mol. The lowest BCUT2D eigenvalue weighted by molar-refractivity contribution is -0.140. The highest BCUT2D eigenvalue weighted by atomic mass is 16.2. The Balaban J connectivity index is 0.000000270. The molecule has 3 unspecified atom stereocenters. The Morgan fingerprint density at radius 3 is 1.81 bits per heavy atom. The fourth-order valence-electron chi connectivity index (χ4n) is 4.64. The van der Waals surface area contributed by atoms with Crippen LogP contribution in [0.25, 0.3) is 0 Å². The third kappa shape index (κ3) is 9.98. The number of carbonyl (C=O) groups excluding carboxylic acids is 3. The molecule has 9 heteroatoms. The molecule has 3 atom stereocenters. The summed E-state index contributed by atoms with van der Waals surface area (Å²) < 4.78 is 0. The topological polar surface area (TPSA) is 70.7 Å². The Morgan fingerprint density at radius 2 is 1.25 bits per heavy atom. The molecule has 0 aromatic heterocycles. The van der Waals surface area contributed by atoms with E-state index in [0.29, 0.717) is 25.2 Å². The molecule has 0 aromatic carbocycles. The lowest BCUT2D eigenvalue weighted by atomic mass is 10.2. The minimum atomic E-state index is 0.0744. The van der Waals surface area contributed by atoms with Gasteiger partial charge in [0.25, 0.3) is 0 Å². The second kappa shape index (κ2) is 16.2. The van der Waals surface area contributed by atoms with Crippen LogP contribution in [0, 0.1) is 0 Å². The highest BCUT2D eigenvalue weighted by Gasteiger charge is 2.28. The van der Waals surface area contributed by atoms with Gasteiger partial charge in [-0.3, -0.25) is 29.1 Å². The molecule has 3 heterocycles. The number of likely N-dealkylation sites (N-methyl/N-ethyl adjacent to an activating group) is 3. The molecule has 3 amide bonds. The van der Waals surface area contributed by atoms with Gasteiger partial charge in [-0.15, -0.1) is 0 Å². The predicted octanol–water partition coefficient (Wildman–Crippen LogP) is 1.68. The third-order valence-corrected chi connectivity index (χ3v) is 7.49. The van der Waals surface area contributed by atoms with Gasteiger partial charge in [0.05, 0.1) is 19.1 Å². The van der Waals surface area contributed by atoms with E-state index in [1.54, 1.807) is 0 Å². The van der Waals surface area contributed by atoms with Gasteiger partial charge in [-0.1, -0.05) is 20.8 Å². The average Bonchev–Trinajstić information content (AvgIpc) is 2.83. The van der Waals surface area contributed by atoms with Crippen molar-refractivity contribution in [3.63, 3.8) is 0 Å². The van der Waals surface area contributed by atoms with E-state index in [1.165, 1.54) is 0 Å². The van der Waals surface area contributed by atoms with Gasteiger partial charge in [-0.25, -0.2) is 0 Å². The van der Waals surface area contributed by atoms with Crippen LogP contribution >= 0.6 is 0 Å². The summed E-state index contributed by atoms with van der Waals surface area (Å²) in [6.07, 6.45) is 3.24. The summed E-state index contributed by atoms with van der Waals surface area (Å²) in [5.41, 5.74) is 0. The lowest BCUT2D eigenvalue weighted by Gasteiger charge is -2.37. The molecule has 0 aromatic rings. The van der Waals surface area contributed by atoms with Crippen LogP contribution in [0.2, 0.25) is 0 Å². The molecule has 9 nitrogen and oxygen atoms in total. The number of nitrogens with zero attached hydrogens (tertiary/aromatic N) is 6. The molecule has 0 N–H and O–H groups in total. The van der Waals surface area contributed by atoms with E-state index < -0.39 is 0 Å². The summed E-state index contributed by atoms with van der Waals surface area (Å²) in [6.45, 7) is 20.5. The van der Waals surface area contributed by atoms with E-state index in [9.17, 15) is 14.4 Å². The molecule has 0 aliphatic carbocycles. The van der Waals surface area contributed by atoms with Crippen molar-refractivity contribution >= 4 is 17.7 Å². The van der Waals surface area contributed by atoms with Crippen LogP contribution in [-0.4, -0.2) is 145 Å². The van der Waals surface area contributed by atoms with Crippen LogP contribution in [0.1, 0.15) is 60.8 Å². The van der Waals surface area contributed by atoms with Gasteiger partial charge in [-0.05, 0) is 60.7 Å². The summed E-state index contributed by atoms with van der Waals surface area (Å²) in [4.78, 5) is 46.6. The smallest absolute Gasteiger partial charge is 0.239 e. The first-order valence-corrected chi connectivity index (χ1v) is 13.9. The third-order valence-electron chi connectivity index (χ3n) is 7.49. The minimum absolute atomic E-state index is 0.0744. The van der Waals surface area contributed by atoms with Gasteiger partial charge < -0.3 is 14.7 Å². The Morgan fingerprint density at radius 1 is 0.667 bits per heavy atom. The van der Waals surface area contributed by atoms with Gasteiger partial charge >= 0.3 is 0 Å². The highest BCUT2D eigenvalue weighted by Crippen LogP contribution is 2.10. The minimum Gasteiger partial charge on any atom is -0.341 e. The fraction of sp³-hybridized carbons (Fsp3) is 0.889. The van der Waals surface area contributed by atoms with Crippen molar-refractivity contribution in [1.82, 2.24) is 29.4 Å². The molecule has 0 spiro atoms. The summed E-state index contributed by atoms with van der Waals surface area (Å²) in [5.74, 6) is 0.810. The maximum absolute atomic E-state index is 11.6. The molecular weight excluding hydrogens is 456 g/mol. The second-order valence-corrected chi connectivity index (χ2v) is 10.7. The van der Waals surface area contributed by atoms with Gasteiger partial charge in [0, 0.05) is 58.4 Å². The first-order valence-electron chi connectivity index (χ1n) is 13.9. The molecule has 3 saturated heterocycles. The maximum Gasteiger partial charge on any atom is 0.239 e. The Kier molecular flexibility index (Phi) is 14.5. The first-order chi connectivity index (χ1) is 17.0. The molecule has 3 aliphatic rings. The number of hydrogen-bond acceptors (Lipinski definition) is 6. The van der Waals surface area contributed by atoms with E-state index >= 15 is 0 Å². The SMILES string of the molecule is CCCN1CC(=O)N(C)C(C)C1.CCCN1CC(C)N(C)CC1=O.CCCN1CCN(C)C(C)C1=O. The second-order valence-electron chi connectivity index (χ2n) is 10.7. The van der Waals surface area contributed by atoms with E-state index in [2.05, 4.69) is 49.3 Å². The van der Waals surface area contributed by atoms with Crippen molar-refractivity contribution in [2.45, 2.75) is 78.9 Å². The number of amides is 3. The van der Waals surface area contributed by atoms with Crippen LogP contribution in [0.15, 0.2) is 0 Å². The number of rotatable bonds is 6. The largest absolute Gasteiger partial charge is 0.341 e. The quantitative estimate of drug-likeness (QED) is 0.542. The molecule has 36 heavy (non-hydrogen) atoms. The van der Waals surface area contributed by atoms with E-state index in [4.69, 9.17) is 0 Å². The summed E-state index contributed by atoms with van der Waals surface area (Å²) >= 11 is 0. The maximum atomic E-state index is 11.6. The molecule has 3 rings (SSSR count). The molecule has 0 bridgehead atoms. The Bertz CT molecular complexity index is 686. The predicted molar refractivity (Wildman–Crippen MR) is 147 cm³/mol. The van der Waals surface area contributed by atoms with Crippen molar-refractivity contribution < 1.29 is 14.4 Å². The average molecular weight is 511 g/mol. The normalized spacial score (nSPS) is 26.4. The van der Waals surface area contributed by atoms with Crippen molar-refractivity contribution in [3.05, 3.63) is 0 Å². The van der Waals surface area contributed by atoms with E-state index in [-0.39, 0.29) is 23.8 Å². The zero-order valence-electron chi connectivity index (χ0n) is 24.6. The number of hydrogen-bond donors (Lipinski definition) is 0. The van der Waals surface area contributed by atoms with Crippen molar-refractivity contribution in [1.29, 1.82) is 0 Å². The van der Waals surface area contributed by atoms with Crippen molar-refractivity contribution in [2.24, 2.45) is 0 Å². The Hall–Kier alpha value is -1.71. The van der Waals surface area contributed by atoms with E-state index in [1.807, 2.05) is 42.8 Å². The summed E-state index contributed by atoms with van der Waals surface area (Å²) in [7, 11) is 5.90. The standard InChI is InChI=1S/3C9H18N2O/c1-4-5-11-6-8(2)10(3)9(12)7-11;1-4-5-11-6-8(2)10(3)7-9(11)12;1-4-5-11-7-6-10(3)8(2)9(11)12/h3*8H,4-7H2,1-3H3. The molecular formula is C27H54N6O3. The number of carbonyl (C=O) groups is 3. The van der Waals surface area contributed by atoms with E-state index in [0.717, 1.165) is 65.1 Å². The van der Waals surface area contributed by atoms with Crippen LogP contribution in [0.3, 0.4) is 0 Å². The molecule has 0 saturated carbocycles. The Labute approximate surface area is 220 Å².